The third-order valence-corrected chi connectivity index (χ3v) is 4.71. The van der Waals surface area contributed by atoms with Crippen LogP contribution < -0.4 is 10.6 Å². The molecule has 0 bridgehead atoms. The van der Waals surface area contributed by atoms with E-state index in [0.717, 1.165) is 35.2 Å². The number of rotatable bonds is 7. The van der Waals surface area contributed by atoms with Crippen LogP contribution in [0.2, 0.25) is 0 Å². The first kappa shape index (κ1) is 19.3. The van der Waals surface area contributed by atoms with Gasteiger partial charge in [0.25, 0.3) is 0 Å². The van der Waals surface area contributed by atoms with Gasteiger partial charge in [0.05, 0.1) is 16.7 Å². The van der Waals surface area contributed by atoms with Crippen molar-refractivity contribution in [3.05, 3.63) is 51.7 Å². The predicted molar refractivity (Wildman–Crippen MR) is 103 cm³/mol. The maximum Gasteiger partial charge on any atom is 0.191 e. The number of hydrogen-bond acceptors (Lipinski definition) is 4. The van der Waals surface area contributed by atoms with Crippen molar-refractivity contribution in [1.82, 2.24) is 20.5 Å². The van der Waals surface area contributed by atoms with Gasteiger partial charge in [0.1, 0.15) is 5.82 Å². The molecule has 0 fully saturated rings. The lowest BCUT2D eigenvalue weighted by molar-refractivity contribution is 0.297. The number of nitrogens with zero attached hydrogens (tertiary/aromatic N) is 3. The zero-order valence-electron chi connectivity index (χ0n) is 15.2. The Labute approximate surface area is 153 Å². The fourth-order valence-corrected chi connectivity index (χ4v) is 3.21. The number of hydrogen-bond donors (Lipinski definition) is 2. The Morgan fingerprint density at radius 2 is 2.16 bits per heavy atom. The summed E-state index contributed by atoms with van der Waals surface area (Å²) in [6, 6.07) is 6.77. The third-order valence-electron chi connectivity index (χ3n) is 3.88. The second-order valence-corrected chi connectivity index (χ2v) is 7.08. The van der Waals surface area contributed by atoms with Crippen LogP contribution in [-0.4, -0.2) is 50.1 Å². The van der Waals surface area contributed by atoms with Crippen molar-refractivity contribution in [2.45, 2.75) is 19.4 Å². The summed E-state index contributed by atoms with van der Waals surface area (Å²) in [6.07, 6.45) is 0.853. The molecule has 25 heavy (non-hydrogen) atoms. The second kappa shape index (κ2) is 9.48. The van der Waals surface area contributed by atoms with Gasteiger partial charge in [-0.2, -0.15) is 0 Å². The Morgan fingerprint density at radius 1 is 1.36 bits per heavy atom. The van der Waals surface area contributed by atoms with E-state index in [2.05, 4.69) is 30.9 Å². The molecule has 1 aromatic carbocycles. The maximum atomic E-state index is 13.5. The summed E-state index contributed by atoms with van der Waals surface area (Å²) in [4.78, 5) is 10.8. The van der Waals surface area contributed by atoms with E-state index in [-0.39, 0.29) is 11.9 Å². The fraction of sp³-hybridized carbons (Fsp3) is 0.444. The van der Waals surface area contributed by atoms with Gasteiger partial charge in [0.15, 0.2) is 5.96 Å². The van der Waals surface area contributed by atoms with Crippen molar-refractivity contribution in [3.63, 3.8) is 0 Å². The van der Waals surface area contributed by atoms with Gasteiger partial charge in [-0.1, -0.05) is 12.1 Å². The first-order valence-corrected chi connectivity index (χ1v) is 9.15. The van der Waals surface area contributed by atoms with Crippen molar-refractivity contribution in [2.24, 2.45) is 4.99 Å². The van der Waals surface area contributed by atoms with E-state index in [9.17, 15) is 4.39 Å². The molecule has 0 spiro atoms. The van der Waals surface area contributed by atoms with Gasteiger partial charge in [-0.25, -0.2) is 9.37 Å². The van der Waals surface area contributed by atoms with E-state index >= 15 is 0 Å². The summed E-state index contributed by atoms with van der Waals surface area (Å²) >= 11 is 1.66. The maximum absolute atomic E-state index is 13.5. The molecule has 2 aromatic rings. The molecule has 1 heterocycles. The fourth-order valence-electron chi connectivity index (χ4n) is 2.56. The van der Waals surface area contributed by atoms with Crippen LogP contribution in [0.25, 0.3) is 0 Å². The van der Waals surface area contributed by atoms with Gasteiger partial charge < -0.3 is 15.5 Å². The minimum absolute atomic E-state index is 0.0513. The van der Waals surface area contributed by atoms with Gasteiger partial charge in [0.2, 0.25) is 0 Å². The molecule has 0 saturated carbocycles. The number of likely N-dealkylation sites (N-methyl/N-ethyl adjacent to an activating group) is 1. The molecule has 0 aliphatic rings. The quantitative estimate of drug-likeness (QED) is 0.586. The summed E-state index contributed by atoms with van der Waals surface area (Å²) in [5.41, 5.74) is 2.03. The Kier molecular flexibility index (Phi) is 7.33. The normalized spacial score (nSPS) is 13.1. The summed E-state index contributed by atoms with van der Waals surface area (Å²) in [5, 5.41) is 9.78. The lowest BCUT2D eigenvalue weighted by Crippen LogP contribution is -2.42. The number of benzene rings is 1. The Balaban J connectivity index is 1.87. The zero-order valence-corrected chi connectivity index (χ0v) is 16.0. The molecule has 7 heteroatoms. The minimum Gasteiger partial charge on any atom is -0.356 e. The van der Waals surface area contributed by atoms with Crippen LogP contribution in [0.15, 0.2) is 34.6 Å². The molecule has 2 N–H and O–H groups in total. The molecule has 1 unspecified atom stereocenters. The summed E-state index contributed by atoms with van der Waals surface area (Å²) < 4.78 is 13.5. The number of nitrogens with one attached hydrogen (secondary N) is 2. The number of guanidine groups is 1. The second-order valence-electron chi connectivity index (χ2n) is 6.02. The molecule has 1 atom stereocenters. The standard InChI is InChI=1S/C18H26FN5S/c1-13-23-16(12-25-13)8-9-21-18(20-2)22-11-17(24(3)4)14-6-5-7-15(19)10-14/h5-7,10,12,17H,8-9,11H2,1-4H3,(H2,20,21,22). The van der Waals surface area contributed by atoms with Crippen molar-refractivity contribution >= 4 is 17.3 Å². The van der Waals surface area contributed by atoms with Crippen LogP contribution in [0, 0.1) is 12.7 Å². The van der Waals surface area contributed by atoms with Crippen molar-refractivity contribution in [3.8, 4) is 0 Å². The molecule has 0 radical (unpaired) electrons. The largest absolute Gasteiger partial charge is 0.356 e. The zero-order chi connectivity index (χ0) is 18.2. The Morgan fingerprint density at radius 3 is 2.76 bits per heavy atom. The van der Waals surface area contributed by atoms with Gasteiger partial charge in [-0.05, 0) is 38.7 Å². The molecular formula is C18H26FN5S. The minimum atomic E-state index is -0.217. The summed E-state index contributed by atoms with van der Waals surface area (Å²) in [5.74, 6) is 0.514. The van der Waals surface area contributed by atoms with Crippen molar-refractivity contribution in [2.75, 3.05) is 34.2 Å². The molecule has 0 aliphatic carbocycles. The van der Waals surface area contributed by atoms with Crippen LogP contribution in [0.1, 0.15) is 22.3 Å². The Hall–Kier alpha value is -1.99. The molecule has 2 rings (SSSR count). The van der Waals surface area contributed by atoms with Gasteiger partial charge in [0, 0.05) is 31.9 Å². The average molecular weight is 364 g/mol. The van der Waals surface area contributed by atoms with E-state index in [1.807, 2.05) is 27.1 Å². The van der Waals surface area contributed by atoms with Crippen molar-refractivity contribution in [1.29, 1.82) is 0 Å². The van der Waals surface area contributed by atoms with Gasteiger partial charge >= 0.3 is 0 Å². The summed E-state index contributed by atoms with van der Waals surface area (Å²) in [6.45, 7) is 3.40. The smallest absolute Gasteiger partial charge is 0.191 e. The molecular weight excluding hydrogens is 337 g/mol. The summed E-state index contributed by atoms with van der Waals surface area (Å²) in [7, 11) is 5.71. The Bertz CT molecular complexity index is 698. The van der Waals surface area contributed by atoms with E-state index in [4.69, 9.17) is 0 Å². The van der Waals surface area contributed by atoms with Crippen LogP contribution in [0.4, 0.5) is 4.39 Å². The van der Waals surface area contributed by atoms with E-state index in [1.165, 1.54) is 6.07 Å². The van der Waals surface area contributed by atoms with Gasteiger partial charge in [-0.15, -0.1) is 11.3 Å². The molecule has 1 aromatic heterocycles. The molecule has 0 amide bonds. The topological polar surface area (TPSA) is 52.6 Å². The van der Waals surface area contributed by atoms with Gasteiger partial charge in [-0.3, -0.25) is 4.99 Å². The molecule has 0 aliphatic heterocycles. The predicted octanol–water partition coefficient (Wildman–Crippen LogP) is 2.60. The number of aliphatic imine (C=N–C) groups is 1. The number of halogens is 1. The first-order valence-electron chi connectivity index (χ1n) is 8.27. The van der Waals surface area contributed by atoms with E-state index in [0.29, 0.717) is 6.54 Å². The SMILES string of the molecule is CN=C(NCCc1csc(C)n1)NCC(c1cccc(F)c1)N(C)C. The number of aromatic nitrogens is 1. The highest BCUT2D eigenvalue weighted by atomic mass is 32.1. The van der Waals surface area contributed by atoms with E-state index < -0.39 is 0 Å². The highest BCUT2D eigenvalue weighted by Crippen LogP contribution is 2.18. The third kappa shape index (κ3) is 6.10. The first-order chi connectivity index (χ1) is 12.0. The monoisotopic (exact) mass is 363 g/mol. The number of thiazole rings is 1. The average Bonchev–Trinajstić information content (AvgIpc) is 2.98. The lowest BCUT2D eigenvalue weighted by atomic mass is 10.1. The highest BCUT2D eigenvalue weighted by Gasteiger charge is 2.15. The molecule has 136 valence electrons. The number of aryl methyl sites for hydroxylation is 1. The molecule has 5 nitrogen and oxygen atoms in total. The van der Waals surface area contributed by atoms with Crippen molar-refractivity contribution < 1.29 is 4.39 Å². The van der Waals surface area contributed by atoms with Crippen LogP contribution in [0.5, 0.6) is 0 Å². The van der Waals surface area contributed by atoms with E-state index in [1.54, 1.807) is 30.5 Å². The highest BCUT2D eigenvalue weighted by molar-refractivity contribution is 7.09. The molecule has 0 saturated heterocycles. The van der Waals surface area contributed by atoms with Crippen LogP contribution in [0.3, 0.4) is 0 Å². The lowest BCUT2D eigenvalue weighted by Gasteiger charge is -2.26. The van der Waals surface area contributed by atoms with Crippen LogP contribution >= 0.6 is 11.3 Å². The van der Waals surface area contributed by atoms with Crippen LogP contribution in [-0.2, 0) is 6.42 Å².